The van der Waals surface area contributed by atoms with Crippen molar-refractivity contribution in [3.63, 3.8) is 0 Å². The molecule has 0 aliphatic rings. The highest BCUT2D eigenvalue weighted by Gasteiger charge is 2.15. The summed E-state index contributed by atoms with van der Waals surface area (Å²) in [5, 5.41) is 13.4. The molecule has 22 heavy (non-hydrogen) atoms. The van der Waals surface area contributed by atoms with Crippen LogP contribution in [0.15, 0.2) is 24.3 Å². The van der Waals surface area contributed by atoms with Gasteiger partial charge in [-0.05, 0) is 31.7 Å². The molecule has 2 atom stereocenters. The molecule has 7 heteroatoms. The predicted molar refractivity (Wildman–Crippen MR) is 89.1 cm³/mol. The predicted octanol–water partition coefficient (Wildman–Crippen LogP) is 2.44. The molecule has 0 aliphatic carbocycles. The molecule has 124 valence electrons. The number of hydrogen-bond acceptors (Lipinski definition) is 4. The van der Waals surface area contributed by atoms with Gasteiger partial charge in [-0.1, -0.05) is 19.1 Å². The second kappa shape index (κ2) is 10.1. The number of nitro groups is 1. The van der Waals surface area contributed by atoms with Crippen LogP contribution < -0.4 is 11.1 Å². The average molecular weight is 330 g/mol. The molecule has 1 amide bonds. The summed E-state index contributed by atoms with van der Waals surface area (Å²) in [5.41, 5.74) is 6.84. The minimum atomic E-state index is -0.404. The van der Waals surface area contributed by atoms with Gasteiger partial charge in [-0.3, -0.25) is 14.9 Å². The fourth-order valence-corrected chi connectivity index (χ4v) is 1.85. The summed E-state index contributed by atoms with van der Waals surface area (Å²) >= 11 is 0. The standard InChI is InChI=1S/C15H23N3O3.ClH/c1-11(12(2)16)15(19)17-10-4-3-5-13-6-8-14(9-7-13)18(20)21;/h6-9,11-12H,3-5,10,16H2,1-2H3,(H,17,19);1H. The Bertz CT molecular complexity index is 477. The molecule has 0 heterocycles. The van der Waals surface area contributed by atoms with Gasteiger partial charge in [0.25, 0.3) is 5.69 Å². The van der Waals surface area contributed by atoms with E-state index in [1.807, 2.05) is 13.8 Å². The van der Waals surface area contributed by atoms with Gasteiger partial charge in [0.2, 0.25) is 5.91 Å². The molecule has 0 radical (unpaired) electrons. The van der Waals surface area contributed by atoms with E-state index in [-0.39, 0.29) is 36.0 Å². The van der Waals surface area contributed by atoms with Gasteiger partial charge in [0, 0.05) is 30.6 Å². The molecule has 1 aromatic rings. The quantitative estimate of drug-likeness (QED) is 0.434. The van der Waals surface area contributed by atoms with Gasteiger partial charge in [0.05, 0.1) is 4.92 Å². The van der Waals surface area contributed by atoms with Crippen molar-refractivity contribution in [3.05, 3.63) is 39.9 Å². The molecule has 1 aromatic carbocycles. The molecular weight excluding hydrogens is 306 g/mol. The molecule has 3 N–H and O–H groups in total. The topological polar surface area (TPSA) is 98.3 Å². The van der Waals surface area contributed by atoms with Gasteiger partial charge in [-0.2, -0.15) is 0 Å². The van der Waals surface area contributed by atoms with Crippen LogP contribution in [0.5, 0.6) is 0 Å². The Morgan fingerprint density at radius 3 is 2.36 bits per heavy atom. The van der Waals surface area contributed by atoms with Crippen molar-refractivity contribution < 1.29 is 9.72 Å². The van der Waals surface area contributed by atoms with Crippen LogP contribution in [-0.2, 0) is 11.2 Å². The number of rotatable bonds is 8. The Morgan fingerprint density at radius 2 is 1.86 bits per heavy atom. The molecule has 6 nitrogen and oxygen atoms in total. The SMILES string of the molecule is CC(N)C(C)C(=O)NCCCCc1ccc([N+](=O)[O-])cc1.Cl. The van der Waals surface area contributed by atoms with Gasteiger partial charge in [0.15, 0.2) is 0 Å². The zero-order valence-electron chi connectivity index (χ0n) is 13.0. The van der Waals surface area contributed by atoms with Gasteiger partial charge in [-0.25, -0.2) is 0 Å². The lowest BCUT2D eigenvalue weighted by Crippen LogP contribution is -2.38. The molecule has 1 rings (SSSR count). The summed E-state index contributed by atoms with van der Waals surface area (Å²) in [6, 6.07) is 6.43. The van der Waals surface area contributed by atoms with Gasteiger partial charge < -0.3 is 11.1 Å². The maximum Gasteiger partial charge on any atom is 0.269 e. The van der Waals surface area contributed by atoms with Crippen molar-refractivity contribution in [3.8, 4) is 0 Å². The van der Waals surface area contributed by atoms with Crippen LogP contribution in [0.3, 0.4) is 0 Å². The van der Waals surface area contributed by atoms with Crippen molar-refractivity contribution in [2.75, 3.05) is 6.54 Å². The monoisotopic (exact) mass is 329 g/mol. The molecule has 0 aromatic heterocycles. The Morgan fingerprint density at radius 1 is 1.27 bits per heavy atom. The van der Waals surface area contributed by atoms with E-state index >= 15 is 0 Å². The van der Waals surface area contributed by atoms with Crippen LogP contribution in [0.25, 0.3) is 0 Å². The lowest BCUT2D eigenvalue weighted by atomic mass is 10.0. The van der Waals surface area contributed by atoms with Gasteiger partial charge in [0.1, 0.15) is 0 Å². The number of non-ortho nitro benzene ring substituents is 1. The van der Waals surface area contributed by atoms with Gasteiger partial charge in [-0.15, -0.1) is 12.4 Å². The lowest BCUT2D eigenvalue weighted by molar-refractivity contribution is -0.384. The number of nitrogens with two attached hydrogens (primary N) is 1. The number of nitro benzene ring substituents is 1. The highest BCUT2D eigenvalue weighted by atomic mass is 35.5. The fraction of sp³-hybridized carbons (Fsp3) is 0.533. The molecule has 0 fully saturated rings. The normalized spacial score (nSPS) is 12.9. The van der Waals surface area contributed by atoms with E-state index in [4.69, 9.17) is 5.73 Å². The molecule has 0 aliphatic heterocycles. The number of aryl methyl sites for hydroxylation is 1. The Labute approximate surface area is 137 Å². The number of carbonyl (C=O) groups excluding carboxylic acids is 1. The smallest absolute Gasteiger partial charge is 0.269 e. The number of nitrogens with zero attached hydrogens (tertiary/aromatic N) is 1. The van der Waals surface area contributed by atoms with Crippen LogP contribution in [0, 0.1) is 16.0 Å². The number of nitrogens with one attached hydrogen (secondary N) is 1. The molecule has 0 saturated carbocycles. The van der Waals surface area contributed by atoms with Crippen molar-refractivity contribution in [2.45, 2.75) is 39.2 Å². The van der Waals surface area contributed by atoms with Crippen molar-refractivity contribution in [2.24, 2.45) is 11.7 Å². The summed E-state index contributed by atoms with van der Waals surface area (Å²) in [4.78, 5) is 21.8. The summed E-state index contributed by atoms with van der Waals surface area (Å²) < 4.78 is 0. The summed E-state index contributed by atoms with van der Waals surface area (Å²) in [5.74, 6) is -0.194. The first kappa shape index (κ1) is 20.3. The number of amides is 1. The first-order valence-corrected chi connectivity index (χ1v) is 7.18. The van der Waals surface area contributed by atoms with Crippen LogP contribution >= 0.6 is 12.4 Å². The molecule has 0 bridgehead atoms. The maximum atomic E-state index is 11.7. The average Bonchev–Trinajstić information content (AvgIpc) is 2.46. The van der Waals surface area contributed by atoms with E-state index in [2.05, 4.69) is 5.32 Å². The minimum absolute atomic E-state index is 0. The summed E-state index contributed by atoms with van der Waals surface area (Å²) in [7, 11) is 0. The first-order valence-electron chi connectivity index (χ1n) is 7.18. The van der Waals surface area contributed by atoms with Crippen molar-refractivity contribution in [1.29, 1.82) is 0 Å². The fourth-order valence-electron chi connectivity index (χ4n) is 1.85. The molecule has 2 unspecified atom stereocenters. The zero-order chi connectivity index (χ0) is 15.8. The highest BCUT2D eigenvalue weighted by Crippen LogP contribution is 2.13. The zero-order valence-corrected chi connectivity index (χ0v) is 13.8. The molecule has 0 saturated heterocycles. The molecule has 0 spiro atoms. The van der Waals surface area contributed by atoms with Crippen LogP contribution in [0.1, 0.15) is 32.3 Å². The van der Waals surface area contributed by atoms with E-state index in [1.165, 1.54) is 12.1 Å². The molecular formula is C15H24ClN3O3. The van der Waals surface area contributed by atoms with Crippen LogP contribution in [0.2, 0.25) is 0 Å². The Balaban J connectivity index is 0.00000441. The van der Waals surface area contributed by atoms with E-state index in [9.17, 15) is 14.9 Å². The van der Waals surface area contributed by atoms with E-state index in [0.29, 0.717) is 6.54 Å². The number of unbranched alkanes of at least 4 members (excludes halogenated alkanes) is 1. The summed E-state index contributed by atoms with van der Waals surface area (Å²) in [6.07, 6.45) is 2.63. The van der Waals surface area contributed by atoms with Crippen molar-refractivity contribution in [1.82, 2.24) is 5.32 Å². The highest BCUT2D eigenvalue weighted by molar-refractivity contribution is 5.85. The van der Waals surface area contributed by atoms with Crippen molar-refractivity contribution >= 4 is 24.0 Å². The maximum absolute atomic E-state index is 11.7. The van der Waals surface area contributed by atoms with E-state index in [1.54, 1.807) is 12.1 Å². The second-order valence-corrected chi connectivity index (χ2v) is 5.32. The third-order valence-corrected chi connectivity index (χ3v) is 3.54. The van der Waals surface area contributed by atoms with Crippen LogP contribution in [-0.4, -0.2) is 23.4 Å². The second-order valence-electron chi connectivity index (χ2n) is 5.32. The minimum Gasteiger partial charge on any atom is -0.356 e. The number of benzene rings is 1. The third-order valence-electron chi connectivity index (χ3n) is 3.54. The Kier molecular flexibility index (Phi) is 9.37. The summed E-state index contributed by atoms with van der Waals surface area (Å²) in [6.45, 7) is 4.26. The number of carbonyl (C=O) groups is 1. The first-order chi connectivity index (χ1) is 9.91. The lowest BCUT2D eigenvalue weighted by Gasteiger charge is -2.15. The van der Waals surface area contributed by atoms with Gasteiger partial charge >= 0.3 is 0 Å². The largest absolute Gasteiger partial charge is 0.356 e. The van der Waals surface area contributed by atoms with E-state index in [0.717, 1.165) is 24.8 Å². The third kappa shape index (κ3) is 6.87. The van der Waals surface area contributed by atoms with E-state index < -0.39 is 4.92 Å². The number of hydrogen-bond donors (Lipinski definition) is 2. The van der Waals surface area contributed by atoms with Crippen LogP contribution in [0.4, 0.5) is 5.69 Å². The Hall–Kier alpha value is -1.66. The number of halogens is 1.